The van der Waals surface area contributed by atoms with Crippen molar-refractivity contribution in [3.63, 3.8) is 0 Å². The minimum absolute atomic E-state index is 0.123. The third-order valence-electron chi connectivity index (χ3n) is 2.62. The predicted molar refractivity (Wildman–Crippen MR) is 77.9 cm³/mol. The number of rotatable bonds is 2. The zero-order chi connectivity index (χ0) is 13.2. The zero-order valence-electron chi connectivity index (χ0n) is 9.76. The van der Waals surface area contributed by atoms with Gasteiger partial charge in [-0.25, -0.2) is 4.98 Å². The number of benzene rings is 2. The first-order valence-electron chi connectivity index (χ1n) is 5.65. The van der Waals surface area contributed by atoms with E-state index in [2.05, 4.69) is 9.97 Å². The van der Waals surface area contributed by atoms with E-state index in [0.29, 0.717) is 21.1 Å². The van der Waals surface area contributed by atoms with Crippen LogP contribution in [0.3, 0.4) is 0 Å². The first-order chi connectivity index (χ1) is 9.22. The first-order valence-corrected chi connectivity index (χ1v) is 6.84. The molecule has 0 unspecified atom stereocenters. The fraction of sp³-hybridized carbons (Fsp3) is 0. The maximum atomic E-state index is 11.9. The second-order valence-corrected chi connectivity index (χ2v) is 5.44. The van der Waals surface area contributed by atoms with Crippen molar-refractivity contribution in [3.05, 3.63) is 63.9 Å². The Morgan fingerprint density at radius 1 is 1.05 bits per heavy atom. The van der Waals surface area contributed by atoms with Gasteiger partial charge in [-0.05, 0) is 36.4 Å². The maximum absolute atomic E-state index is 11.9. The van der Waals surface area contributed by atoms with Gasteiger partial charge in [0.15, 0.2) is 5.16 Å². The molecule has 0 aliphatic heterocycles. The van der Waals surface area contributed by atoms with Crippen LogP contribution in [0.15, 0.2) is 63.4 Å². The number of aromatic amines is 1. The summed E-state index contributed by atoms with van der Waals surface area (Å²) < 4.78 is 0. The lowest BCUT2D eigenvalue weighted by Gasteiger charge is -2.02. The van der Waals surface area contributed by atoms with Gasteiger partial charge in [0.2, 0.25) is 0 Å². The molecule has 0 spiro atoms. The Morgan fingerprint density at radius 3 is 2.58 bits per heavy atom. The fourth-order valence-corrected chi connectivity index (χ4v) is 2.64. The van der Waals surface area contributed by atoms with Crippen molar-refractivity contribution in [2.75, 3.05) is 0 Å². The number of hydrogen-bond acceptors (Lipinski definition) is 3. The van der Waals surface area contributed by atoms with Crippen molar-refractivity contribution in [2.24, 2.45) is 0 Å². The Labute approximate surface area is 118 Å². The van der Waals surface area contributed by atoms with Crippen LogP contribution >= 0.6 is 23.4 Å². The predicted octanol–water partition coefficient (Wildman–Crippen LogP) is 3.73. The lowest BCUT2D eigenvalue weighted by atomic mass is 10.2. The topological polar surface area (TPSA) is 45.8 Å². The van der Waals surface area contributed by atoms with Gasteiger partial charge in [-0.15, -0.1) is 0 Å². The van der Waals surface area contributed by atoms with Crippen LogP contribution in [0.25, 0.3) is 10.9 Å². The van der Waals surface area contributed by atoms with E-state index in [1.165, 1.54) is 11.8 Å². The van der Waals surface area contributed by atoms with Gasteiger partial charge in [0.05, 0.1) is 10.9 Å². The number of nitrogens with one attached hydrogen (secondary N) is 1. The number of fused-ring (bicyclic) bond motifs is 1. The van der Waals surface area contributed by atoms with Crippen molar-refractivity contribution < 1.29 is 0 Å². The monoisotopic (exact) mass is 288 g/mol. The van der Waals surface area contributed by atoms with Crippen LogP contribution in [-0.2, 0) is 0 Å². The molecule has 3 aromatic rings. The van der Waals surface area contributed by atoms with E-state index in [9.17, 15) is 4.79 Å². The van der Waals surface area contributed by atoms with Crippen LogP contribution < -0.4 is 5.56 Å². The summed E-state index contributed by atoms with van der Waals surface area (Å²) in [6.07, 6.45) is 0. The molecule has 0 aliphatic rings. The molecule has 2 aromatic carbocycles. The molecule has 0 saturated carbocycles. The highest BCUT2D eigenvalue weighted by Crippen LogP contribution is 2.25. The molecule has 3 nitrogen and oxygen atoms in total. The minimum Gasteiger partial charge on any atom is -0.301 e. The van der Waals surface area contributed by atoms with Crippen LogP contribution in [0.2, 0.25) is 5.02 Å². The molecule has 1 heterocycles. The minimum atomic E-state index is -0.123. The largest absolute Gasteiger partial charge is 0.301 e. The highest BCUT2D eigenvalue weighted by molar-refractivity contribution is 7.99. The average Bonchev–Trinajstić information content (AvgIpc) is 2.42. The van der Waals surface area contributed by atoms with E-state index in [-0.39, 0.29) is 5.56 Å². The lowest BCUT2D eigenvalue weighted by molar-refractivity contribution is 0.974. The van der Waals surface area contributed by atoms with Gasteiger partial charge in [-0.3, -0.25) is 4.79 Å². The Balaban J connectivity index is 2.01. The Morgan fingerprint density at radius 2 is 1.79 bits per heavy atom. The van der Waals surface area contributed by atoms with Crippen LogP contribution in [0.5, 0.6) is 0 Å². The first kappa shape index (κ1) is 12.3. The molecule has 0 fully saturated rings. The molecule has 0 saturated heterocycles. The van der Waals surface area contributed by atoms with Gasteiger partial charge in [-0.2, -0.15) is 0 Å². The molecule has 0 amide bonds. The van der Waals surface area contributed by atoms with Crippen LogP contribution in [0.4, 0.5) is 0 Å². The quantitative estimate of drug-likeness (QED) is 0.731. The smallest absolute Gasteiger partial charge is 0.259 e. The number of halogens is 1. The summed E-state index contributed by atoms with van der Waals surface area (Å²) in [7, 11) is 0. The summed E-state index contributed by atoms with van der Waals surface area (Å²) in [5.41, 5.74) is 0.574. The van der Waals surface area contributed by atoms with Crippen molar-refractivity contribution in [2.45, 2.75) is 10.1 Å². The van der Waals surface area contributed by atoms with Crippen molar-refractivity contribution in [1.82, 2.24) is 9.97 Å². The summed E-state index contributed by atoms with van der Waals surface area (Å²) in [5, 5.41) is 1.86. The molecular weight excluding hydrogens is 280 g/mol. The second kappa shape index (κ2) is 5.07. The lowest BCUT2D eigenvalue weighted by Crippen LogP contribution is -2.08. The van der Waals surface area contributed by atoms with E-state index in [1.54, 1.807) is 6.07 Å². The van der Waals surface area contributed by atoms with Crippen molar-refractivity contribution in [1.29, 1.82) is 0 Å². The standard InChI is InChI=1S/C14H9ClN2OS/c15-9-5-7-10(8-6-9)19-14-16-12-4-2-1-3-11(12)13(18)17-14/h1-8H,(H,16,17,18). The van der Waals surface area contributed by atoms with Crippen LogP contribution in [0.1, 0.15) is 0 Å². The van der Waals surface area contributed by atoms with Gasteiger partial charge >= 0.3 is 0 Å². The molecule has 0 bridgehead atoms. The summed E-state index contributed by atoms with van der Waals surface area (Å²) in [6, 6.07) is 14.7. The van der Waals surface area contributed by atoms with E-state index in [0.717, 1.165) is 4.90 Å². The van der Waals surface area contributed by atoms with Crippen molar-refractivity contribution in [3.8, 4) is 0 Å². The molecule has 1 aromatic heterocycles. The van der Waals surface area contributed by atoms with E-state index < -0.39 is 0 Å². The Bertz CT molecular complexity index is 783. The van der Waals surface area contributed by atoms with Crippen molar-refractivity contribution >= 4 is 34.3 Å². The molecule has 19 heavy (non-hydrogen) atoms. The highest BCUT2D eigenvalue weighted by Gasteiger charge is 2.04. The molecule has 1 N–H and O–H groups in total. The molecule has 3 rings (SSSR count). The van der Waals surface area contributed by atoms with E-state index in [4.69, 9.17) is 11.6 Å². The third kappa shape index (κ3) is 2.64. The van der Waals surface area contributed by atoms with Gasteiger partial charge in [0, 0.05) is 9.92 Å². The average molecular weight is 289 g/mol. The van der Waals surface area contributed by atoms with Gasteiger partial charge in [-0.1, -0.05) is 35.5 Å². The summed E-state index contributed by atoms with van der Waals surface area (Å²) in [5.74, 6) is 0. The van der Waals surface area contributed by atoms with Gasteiger partial charge < -0.3 is 4.98 Å². The molecule has 94 valence electrons. The maximum Gasteiger partial charge on any atom is 0.259 e. The summed E-state index contributed by atoms with van der Waals surface area (Å²) in [6.45, 7) is 0. The number of hydrogen-bond donors (Lipinski definition) is 1. The summed E-state index contributed by atoms with van der Waals surface area (Å²) in [4.78, 5) is 20.1. The van der Waals surface area contributed by atoms with Gasteiger partial charge in [0.1, 0.15) is 0 Å². The number of nitrogens with zero attached hydrogens (tertiary/aromatic N) is 1. The molecule has 5 heteroatoms. The number of para-hydroxylation sites is 1. The molecule has 0 aliphatic carbocycles. The molecular formula is C14H9ClN2OS. The Hall–Kier alpha value is -1.78. The van der Waals surface area contributed by atoms with E-state index >= 15 is 0 Å². The number of aromatic nitrogens is 2. The normalized spacial score (nSPS) is 10.8. The highest BCUT2D eigenvalue weighted by atomic mass is 35.5. The number of H-pyrrole nitrogens is 1. The van der Waals surface area contributed by atoms with Crippen LogP contribution in [-0.4, -0.2) is 9.97 Å². The Kier molecular flexibility index (Phi) is 3.27. The third-order valence-corrected chi connectivity index (χ3v) is 3.77. The van der Waals surface area contributed by atoms with Gasteiger partial charge in [0.25, 0.3) is 5.56 Å². The summed E-state index contributed by atoms with van der Waals surface area (Å²) >= 11 is 7.24. The fourth-order valence-electron chi connectivity index (χ4n) is 1.73. The molecule has 0 atom stereocenters. The van der Waals surface area contributed by atoms with Crippen LogP contribution in [0, 0.1) is 0 Å². The SMILES string of the molecule is O=c1[nH]c(Sc2ccc(Cl)cc2)nc2ccccc12. The zero-order valence-corrected chi connectivity index (χ0v) is 11.3. The van der Waals surface area contributed by atoms with E-state index in [1.807, 2.05) is 42.5 Å². The molecule has 0 radical (unpaired) electrons. The second-order valence-electron chi connectivity index (χ2n) is 3.94.